The van der Waals surface area contributed by atoms with Crippen molar-refractivity contribution >= 4 is 23.4 Å². The number of methoxy groups -OCH3 is 1. The van der Waals surface area contributed by atoms with E-state index in [0.717, 1.165) is 5.76 Å². The molecule has 0 unspecified atom stereocenters. The number of anilines is 2. The van der Waals surface area contributed by atoms with E-state index in [1.807, 2.05) is 6.07 Å². The zero-order chi connectivity index (χ0) is 19.2. The molecule has 0 aliphatic rings. The molecule has 2 heterocycles. The van der Waals surface area contributed by atoms with Gasteiger partial charge in [0.25, 0.3) is 5.91 Å². The van der Waals surface area contributed by atoms with Crippen LogP contribution >= 0.6 is 0 Å². The summed E-state index contributed by atoms with van der Waals surface area (Å²) in [6, 6.07) is 11.7. The van der Waals surface area contributed by atoms with Crippen LogP contribution in [0.15, 0.2) is 53.1 Å². The highest BCUT2D eigenvalue weighted by molar-refractivity contribution is 6.07. The lowest BCUT2D eigenvalue weighted by Gasteiger charge is -2.11. The van der Waals surface area contributed by atoms with Gasteiger partial charge in [0.05, 0.1) is 31.2 Å². The standard InChI is InChI=1S/C19H18N4O4/c1-12-21-16(10-17(22-12)20-11-13-6-5-9-27-13)18(24)23-15-8-4-3-7-14(15)19(25)26-2/h3-10H,11H2,1-2H3,(H,23,24)(H,20,21,22). The number of rotatable bonds is 6. The Labute approximate surface area is 155 Å². The van der Waals surface area contributed by atoms with E-state index in [1.54, 1.807) is 43.5 Å². The second kappa shape index (κ2) is 8.13. The minimum atomic E-state index is -0.537. The van der Waals surface area contributed by atoms with Gasteiger partial charge in [-0.25, -0.2) is 14.8 Å². The molecule has 3 aromatic rings. The van der Waals surface area contributed by atoms with Crippen LogP contribution < -0.4 is 10.6 Å². The third-order valence-corrected chi connectivity index (χ3v) is 3.67. The normalized spacial score (nSPS) is 10.3. The van der Waals surface area contributed by atoms with Gasteiger partial charge in [-0.1, -0.05) is 12.1 Å². The smallest absolute Gasteiger partial charge is 0.339 e. The summed E-state index contributed by atoms with van der Waals surface area (Å²) in [6.45, 7) is 2.12. The minimum Gasteiger partial charge on any atom is -0.467 e. The summed E-state index contributed by atoms with van der Waals surface area (Å²) in [5, 5.41) is 5.78. The number of esters is 1. The second-order valence-corrected chi connectivity index (χ2v) is 5.61. The molecule has 0 fully saturated rings. The highest BCUT2D eigenvalue weighted by Crippen LogP contribution is 2.18. The lowest BCUT2D eigenvalue weighted by molar-refractivity contribution is 0.0602. The van der Waals surface area contributed by atoms with Gasteiger partial charge in [0, 0.05) is 6.07 Å². The fraction of sp³-hybridized carbons (Fsp3) is 0.158. The van der Waals surface area contributed by atoms with Gasteiger partial charge in [0.1, 0.15) is 23.1 Å². The number of ether oxygens (including phenoxy) is 1. The highest BCUT2D eigenvalue weighted by Gasteiger charge is 2.16. The van der Waals surface area contributed by atoms with Crippen molar-refractivity contribution in [3.8, 4) is 0 Å². The molecule has 3 rings (SSSR count). The fourth-order valence-electron chi connectivity index (χ4n) is 2.43. The Kier molecular flexibility index (Phi) is 5.46. The SMILES string of the molecule is COC(=O)c1ccccc1NC(=O)c1cc(NCc2ccco2)nc(C)n1. The lowest BCUT2D eigenvalue weighted by Crippen LogP contribution is -2.18. The second-order valence-electron chi connectivity index (χ2n) is 5.61. The molecular formula is C19H18N4O4. The molecule has 27 heavy (non-hydrogen) atoms. The van der Waals surface area contributed by atoms with Crippen LogP contribution in [-0.4, -0.2) is 29.0 Å². The Balaban J connectivity index is 1.78. The molecule has 1 aromatic carbocycles. The Hall–Kier alpha value is -3.68. The van der Waals surface area contributed by atoms with E-state index in [2.05, 4.69) is 20.6 Å². The first-order valence-corrected chi connectivity index (χ1v) is 8.17. The maximum atomic E-state index is 12.6. The number of hydrogen-bond acceptors (Lipinski definition) is 7. The van der Waals surface area contributed by atoms with Crippen LogP contribution in [0.4, 0.5) is 11.5 Å². The topological polar surface area (TPSA) is 106 Å². The van der Waals surface area contributed by atoms with Gasteiger partial charge in [-0.3, -0.25) is 4.79 Å². The number of nitrogens with one attached hydrogen (secondary N) is 2. The average Bonchev–Trinajstić information content (AvgIpc) is 3.19. The predicted molar refractivity (Wildman–Crippen MR) is 98.5 cm³/mol. The van der Waals surface area contributed by atoms with Gasteiger partial charge in [0.2, 0.25) is 0 Å². The fourth-order valence-corrected chi connectivity index (χ4v) is 2.43. The molecule has 0 radical (unpaired) electrons. The molecule has 138 valence electrons. The molecule has 0 bridgehead atoms. The van der Waals surface area contributed by atoms with Gasteiger partial charge in [-0.2, -0.15) is 0 Å². The summed E-state index contributed by atoms with van der Waals surface area (Å²) in [4.78, 5) is 32.9. The van der Waals surface area contributed by atoms with Crippen molar-refractivity contribution in [2.75, 3.05) is 17.7 Å². The zero-order valence-electron chi connectivity index (χ0n) is 14.9. The molecule has 2 aromatic heterocycles. The maximum Gasteiger partial charge on any atom is 0.339 e. The molecule has 0 spiro atoms. The molecule has 8 nitrogen and oxygen atoms in total. The van der Waals surface area contributed by atoms with Gasteiger partial charge >= 0.3 is 5.97 Å². The Morgan fingerprint density at radius 3 is 2.70 bits per heavy atom. The summed E-state index contributed by atoms with van der Waals surface area (Å²) in [6.07, 6.45) is 1.58. The number of aryl methyl sites for hydroxylation is 1. The molecule has 2 N–H and O–H groups in total. The van der Waals surface area contributed by atoms with Crippen LogP contribution in [0.1, 0.15) is 32.4 Å². The third kappa shape index (κ3) is 4.49. The quantitative estimate of drug-likeness (QED) is 0.646. The van der Waals surface area contributed by atoms with E-state index in [-0.39, 0.29) is 11.3 Å². The third-order valence-electron chi connectivity index (χ3n) is 3.67. The van der Waals surface area contributed by atoms with E-state index in [9.17, 15) is 9.59 Å². The van der Waals surface area contributed by atoms with Crippen molar-refractivity contribution in [2.45, 2.75) is 13.5 Å². The predicted octanol–water partition coefficient (Wildman–Crippen LogP) is 3.03. The number of para-hydroxylation sites is 1. The monoisotopic (exact) mass is 366 g/mol. The van der Waals surface area contributed by atoms with Crippen molar-refractivity contribution in [1.29, 1.82) is 0 Å². The molecule has 0 saturated carbocycles. The van der Waals surface area contributed by atoms with Crippen LogP contribution in [0.25, 0.3) is 0 Å². The summed E-state index contributed by atoms with van der Waals surface area (Å²) in [5.74, 6) is 0.670. The van der Waals surface area contributed by atoms with Gasteiger partial charge in [-0.15, -0.1) is 0 Å². The number of aromatic nitrogens is 2. The number of nitrogens with zero attached hydrogens (tertiary/aromatic N) is 2. The summed E-state index contributed by atoms with van der Waals surface area (Å²) in [7, 11) is 1.28. The van der Waals surface area contributed by atoms with Crippen LogP contribution in [0.2, 0.25) is 0 Å². The van der Waals surface area contributed by atoms with Gasteiger partial charge in [-0.05, 0) is 31.2 Å². The minimum absolute atomic E-state index is 0.170. The van der Waals surface area contributed by atoms with E-state index in [0.29, 0.717) is 23.9 Å². The largest absolute Gasteiger partial charge is 0.467 e. The first kappa shape index (κ1) is 18.1. The number of benzene rings is 1. The van der Waals surface area contributed by atoms with E-state index in [1.165, 1.54) is 13.2 Å². The Morgan fingerprint density at radius 2 is 1.96 bits per heavy atom. The summed E-state index contributed by atoms with van der Waals surface area (Å²) >= 11 is 0. The number of furan rings is 1. The van der Waals surface area contributed by atoms with Crippen molar-refractivity contribution in [2.24, 2.45) is 0 Å². The van der Waals surface area contributed by atoms with Crippen LogP contribution in [0, 0.1) is 6.92 Å². The number of hydrogen-bond donors (Lipinski definition) is 2. The molecule has 8 heteroatoms. The summed E-state index contributed by atoms with van der Waals surface area (Å²) < 4.78 is 9.99. The molecule has 1 amide bonds. The number of carbonyl (C=O) groups is 2. The lowest BCUT2D eigenvalue weighted by atomic mass is 10.1. The van der Waals surface area contributed by atoms with Crippen LogP contribution in [-0.2, 0) is 11.3 Å². The van der Waals surface area contributed by atoms with Gasteiger partial charge < -0.3 is 19.8 Å². The van der Waals surface area contributed by atoms with Gasteiger partial charge in [0.15, 0.2) is 0 Å². The first-order chi connectivity index (χ1) is 13.1. The first-order valence-electron chi connectivity index (χ1n) is 8.17. The molecule has 0 aliphatic carbocycles. The van der Waals surface area contributed by atoms with Crippen LogP contribution in [0.3, 0.4) is 0 Å². The number of amides is 1. The maximum absolute atomic E-state index is 12.6. The molecule has 0 saturated heterocycles. The Bertz CT molecular complexity index is 954. The zero-order valence-corrected chi connectivity index (χ0v) is 14.9. The van der Waals surface area contributed by atoms with Crippen molar-refractivity contribution in [3.05, 3.63) is 71.6 Å². The molecular weight excluding hydrogens is 348 g/mol. The Morgan fingerprint density at radius 1 is 1.15 bits per heavy atom. The van der Waals surface area contributed by atoms with Crippen molar-refractivity contribution in [1.82, 2.24) is 9.97 Å². The van der Waals surface area contributed by atoms with E-state index < -0.39 is 11.9 Å². The molecule has 0 atom stereocenters. The van der Waals surface area contributed by atoms with Crippen molar-refractivity contribution in [3.63, 3.8) is 0 Å². The molecule has 0 aliphatic heterocycles. The number of carbonyl (C=O) groups excluding carboxylic acids is 2. The highest BCUT2D eigenvalue weighted by atomic mass is 16.5. The van der Waals surface area contributed by atoms with Crippen molar-refractivity contribution < 1.29 is 18.7 Å². The van der Waals surface area contributed by atoms with E-state index in [4.69, 9.17) is 9.15 Å². The summed E-state index contributed by atoms with van der Waals surface area (Å²) in [5.41, 5.74) is 0.773. The average molecular weight is 366 g/mol. The van der Waals surface area contributed by atoms with Crippen LogP contribution in [0.5, 0.6) is 0 Å². The van der Waals surface area contributed by atoms with E-state index >= 15 is 0 Å².